The lowest BCUT2D eigenvalue weighted by atomic mass is 9.94. The monoisotopic (exact) mass is 337 g/mol. The second-order valence-electron chi connectivity index (χ2n) is 5.96. The number of nitrogens with two attached hydrogens (primary N) is 1. The van der Waals surface area contributed by atoms with Gasteiger partial charge in [0, 0.05) is 5.02 Å². The van der Waals surface area contributed by atoms with Crippen LogP contribution in [0.15, 0.2) is 72.8 Å². The molecule has 3 rings (SSSR count). The highest BCUT2D eigenvalue weighted by atomic mass is 35.5. The Labute approximate surface area is 147 Å². The van der Waals surface area contributed by atoms with Gasteiger partial charge in [-0.05, 0) is 46.9 Å². The number of aliphatic hydroxyl groups excluding tert-OH is 1. The van der Waals surface area contributed by atoms with Gasteiger partial charge in [0.25, 0.3) is 0 Å². The summed E-state index contributed by atoms with van der Waals surface area (Å²) in [6.45, 7) is 2.09. The molecule has 0 fully saturated rings. The van der Waals surface area contributed by atoms with Crippen LogP contribution < -0.4 is 5.73 Å². The van der Waals surface area contributed by atoms with Crippen molar-refractivity contribution in [3.63, 3.8) is 0 Å². The SMILES string of the molecule is Cc1ccccc1-c1ccc([C@@H](O)[C@@H](N)c2ccc(Cl)cc2)cc1. The lowest BCUT2D eigenvalue weighted by Gasteiger charge is -2.20. The van der Waals surface area contributed by atoms with Crippen LogP contribution in [0.1, 0.15) is 28.8 Å². The minimum absolute atomic E-state index is 0.494. The molecule has 0 amide bonds. The Hall–Kier alpha value is -2.13. The molecule has 0 bridgehead atoms. The van der Waals surface area contributed by atoms with Gasteiger partial charge in [0.1, 0.15) is 0 Å². The highest BCUT2D eigenvalue weighted by Crippen LogP contribution is 2.30. The van der Waals surface area contributed by atoms with Gasteiger partial charge in [-0.15, -0.1) is 0 Å². The largest absolute Gasteiger partial charge is 0.386 e. The van der Waals surface area contributed by atoms with Crippen molar-refractivity contribution in [1.82, 2.24) is 0 Å². The van der Waals surface area contributed by atoms with Gasteiger partial charge >= 0.3 is 0 Å². The van der Waals surface area contributed by atoms with E-state index in [-0.39, 0.29) is 0 Å². The summed E-state index contributed by atoms with van der Waals surface area (Å²) < 4.78 is 0. The highest BCUT2D eigenvalue weighted by Gasteiger charge is 2.18. The highest BCUT2D eigenvalue weighted by molar-refractivity contribution is 6.30. The first-order valence-electron chi connectivity index (χ1n) is 7.91. The van der Waals surface area contributed by atoms with Crippen molar-refractivity contribution < 1.29 is 5.11 Å². The first-order chi connectivity index (χ1) is 11.6. The number of benzene rings is 3. The lowest BCUT2D eigenvalue weighted by molar-refractivity contribution is 0.147. The summed E-state index contributed by atoms with van der Waals surface area (Å²) in [4.78, 5) is 0. The Morgan fingerprint density at radius 2 is 1.42 bits per heavy atom. The van der Waals surface area contributed by atoms with E-state index in [4.69, 9.17) is 17.3 Å². The maximum atomic E-state index is 10.6. The van der Waals surface area contributed by atoms with Gasteiger partial charge < -0.3 is 10.8 Å². The smallest absolute Gasteiger partial charge is 0.0982 e. The zero-order valence-corrected chi connectivity index (χ0v) is 14.2. The van der Waals surface area contributed by atoms with Crippen LogP contribution in [0, 0.1) is 6.92 Å². The topological polar surface area (TPSA) is 46.2 Å². The van der Waals surface area contributed by atoms with Crippen LogP contribution in [-0.2, 0) is 0 Å². The quantitative estimate of drug-likeness (QED) is 0.699. The number of aliphatic hydroxyl groups is 1. The average Bonchev–Trinajstić information content (AvgIpc) is 2.62. The predicted molar refractivity (Wildman–Crippen MR) is 100.0 cm³/mol. The second-order valence-corrected chi connectivity index (χ2v) is 6.40. The Bertz CT molecular complexity index is 812. The third-order valence-electron chi connectivity index (χ3n) is 4.30. The number of halogens is 1. The third-order valence-corrected chi connectivity index (χ3v) is 4.56. The lowest BCUT2D eigenvalue weighted by Crippen LogP contribution is -2.19. The molecule has 0 radical (unpaired) electrons. The molecule has 24 heavy (non-hydrogen) atoms. The molecule has 2 atom stereocenters. The van der Waals surface area contributed by atoms with Crippen LogP contribution >= 0.6 is 11.6 Å². The summed E-state index contributed by atoms with van der Waals surface area (Å²) in [7, 11) is 0. The number of rotatable bonds is 4. The zero-order chi connectivity index (χ0) is 17.1. The molecule has 3 aromatic rings. The summed E-state index contributed by atoms with van der Waals surface area (Å²) in [6, 6.07) is 22.9. The fourth-order valence-corrected chi connectivity index (χ4v) is 2.96. The summed E-state index contributed by atoms with van der Waals surface area (Å²) in [5.41, 5.74) is 11.4. The van der Waals surface area contributed by atoms with Crippen LogP contribution in [0.2, 0.25) is 5.02 Å². The molecule has 0 spiro atoms. The van der Waals surface area contributed by atoms with Gasteiger partial charge in [-0.3, -0.25) is 0 Å². The van der Waals surface area contributed by atoms with E-state index in [9.17, 15) is 5.11 Å². The van der Waals surface area contributed by atoms with Gasteiger partial charge in [0.15, 0.2) is 0 Å². The first-order valence-corrected chi connectivity index (χ1v) is 8.29. The van der Waals surface area contributed by atoms with E-state index in [1.807, 2.05) is 48.5 Å². The van der Waals surface area contributed by atoms with Gasteiger partial charge in [-0.25, -0.2) is 0 Å². The van der Waals surface area contributed by atoms with E-state index in [0.717, 1.165) is 16.7 Å². The van der Waals surface area contributed by atoms with Crippen LogP contribution in [0.25, 0.3) is 11.1 Å². The molecule has 0 aliphatic carbocycles. The fourth-order valence-electron chi connectivity index (χ4n) is 2.83. The molecule has 3 aromatic carbocycles. The molecular weight excluding hydrogens is 318 g/mol. The maximum absolute atomic E-state index is 10.6. The van der Waals surface area contributed by atoms with Gasteiger partial charge in [-0.1, -0.05) is 72.3 Å². The van der Waals surface area contributed by atoms with E-state index >= 15 is 0 Å². The van der Waals surface area contributed by atoms with E-state index in [2.05, 4.69) is 19.1 Å². The molecule has 3 heteroatoms. The second kappa shape index (κ2) is 7.18. The summed E-state index contributed by atoms with van der Waals surface area (Å²) >= 11 is 5.90. The molecule has 0 unspecified atom stereocenters. The van der Waals surface area contributed by atoms with Gasteiger partial charge in [0.05, 0.1) is 12.1 Å². The van der Waals surface area contributed by atoms with Crippen LogP contribution in [-0.4, -0.2) is 5.11 Å². The molecule has 0 saturated heterocycles. The number of hydrogen-bond acceptors (Lipinski definition) is 2. The van der Waals surface area contributed by atoms with Crippen molar-refractivity contribution in [2.75, 3.05) is 0 Å². The predicted octanol–water partition coefficient (Wildman–Crippen LogP) is 5.05. The Balaban J connectivity index is 1.82. The molecule has 2 nitrogen and oxygen atoms in total. The van der Waals surface area contributed by atoms with Gasteiger partial charge in [0.2, 0.25) is 0 Å². The number of aryl methyl sites for hydroxylation is 1. The maximum Gasteiger partial charge on any atom is 0.0982 e. The van der Waals surface area contributed by atoms with Crippen molar-refractivity contribution in [2.45, 2.75) is 19.1 Å². The van der Waals surface area contributed by atoms with Crippen molar-refractivity contribution >= 4 is 11.6 Å². The molecule has 0 heterocycles. The first kappa shape index (κ1) is 16.7. The molecule has 0 aromatic heterocycles. The molecule has 0 aliphatic rings. The molecule has 0 saturated carbocycles. The fraction of sp³-hybridized carbons (Fsp3) is 0.143. The van der Waals surface area contributed by atoms with Gasteiger partial charge in [-0.2, -0.15) is 0 Å². The summed E-state index contributed by atoms with van der Waals surface area (Å²) in [5, 5.41) is 11.2. The zero-order valence-electron chi connectivity index (χ0n) is 13.5. The van der Waals surface area contributed by atoms with E-state index < -0.39 is 12.1 Å². The third kappa shape index (κ3) is 3.51. The summed E-state index contributed by atoms with van der Waals surface area (Å²) in [6.07, 6.45) is -0.767. The molecule has 0 aliphatic heterocycles. The van der Waals surface area contributed by atoms with Crippen molar-refractivity contribution in [1.29, 1.82) is 0 Å². The minimum Gasteiger partial charge on any atom is -0.386 e. The van der Waals surface area contributed by atoms with Crippen molar-refractivity contribution in [2.24, 2.45) is 5.73 Å². The average molecular weight is 338 g/mol. The molecule has 3 N–H and O–H groups in total. The minimum atomic E-state index is -0.767. The van der Waals surface area contributed by atoms with E-state index in [1.54, 1.807) is 12.1 Å². The molecule has 122 valence electrons. The molecular formula is C21H20ClNO. The Kier molecular flexibility index (Phi) is 5.00. The van der Waals surface area contributed by atoms with Crippen LogP contribution in [0.3, 0.4) is 0 Å². The van der Waals surface area contributed by atoms with E-state index in [1.165, 1.54) is 11.1 Å². The van der Waals surface area contributed by atoms with Crippen molar-refractivity contribution in [3.05, 3.63) is 94.5 Å². The Morgan fingerprint density at radius 3 is 2.04 bits per heavy atom. The van der Waals surface area contributed by atoms with E-state index in [0.29, 0.717) is 5.02 Å². The normalized spacial score (nSPS) is 13.5. The standard InChI is InChI=1S/C21H20ClNO/c1-14-4-2-3-5-19(14)15-6-8-17(9-7-15)21(24)20(23)16-10-12-18(22)13-11-16/h2-13,20-21,24H,23H2,1H3/t20-,21+/m0/s1. The van der Waals surface area contributed by atoms with Crippen LogP contribution in [0.5, 0.6) is 0 Å². The number of hydrogen-bond donors (Lipinski definition) is 2. The summed E-state index contributed by atoms with van der Waals surface area (Å²) in [5.74, 6) is 0. The van der Waals surface area contributed by atoms with Crippen LogP contribution in [0.4, 0.5) is 0 Å². The Morgan fingerprint density at radius 1 is 0.833 bits per heavy atom. The van der Waals surface area contributed by atoms with Crippen molar-refractivity contribution in [3.8, 4) is 11.1 Å².